The van der Waals surface area contributed by atoms with Gasteiger partial charge in [0.05, 0.1) is 5.92 Å². The van der Waals surface area contributed by atoms with Crippen LogP contribution in [0, 0.1) is 11.7 Å². The molecule has 0 spiro atoms. The Morgan fingerprint density at radius 2 is 1.76 bits per heavy atom. The molecule has 1 heterocycles. The van der Waals surface area contributed by atoms with Crippen molar-refractivity contribution in [1.82, 2.24) is 10.3 Å². The van der Waals surface area contributed by atoms with Gasteiger partial charge in [-0.15, -0.1) is 0 Å². The number of halogens is 1. The van der Waals surface area contributed by atoms with Crippen LogP contribution in [0.25, 0.3) is 0 Å². The van der Waals surface area contributed by atoms with E-state index in [1.807, 2.05) is 13.8 Å². The summed E-state index contributed by atoms with van der Waals surface area (Å²) < 4.78 is 12.9. The predicted molar refractivity (Wildman–Crippen MR) is 81.1 cm³/mol. The van der Waals surface area contributed by atoms with Crippen molar-refractivity contribution in [3.8, 4) is 0 Å². The summed E-state index contributed by atoms with van der Waals surface area (Å²) in [6, 6.07) is 6.72. The molecule has 6 heteroatoms. The summed E-state index contributed by atoms with van der Waals surface area (Å²) in [4.78, 5) is 16.1. The van der Waals surface area contributed by atoms with Crippen LogP contribution in [0.1, 0.15) is 13.8 Å². The zero-order valence-electron chi connectivity index (χ0n) is 12.6. The van der Waals surface area contributed by atoms with E-state index in [4.69, 9.17) is 5.84 Å². The topological polar surface area (TPSA) is 61.6 Å². The van der Waals surface area contributed by atoms with Gasteiger partial charge >= 0.3 is 0 Å². The molecule has 1 aliphatic heterocycles. The molecular formula is C15H23FN4O. The number of rotatable bonds is 4. The summed E-state index contributed by atoms with van der Waals surface area (Å²) in [6.07, 6.45) is 0. The maximum atomic E-state index is 12.9. The molecule has 1 aliphatic rings. The molecule has 1 aromatic rings. The summed E-state index contributed by atoms with van der Waals surface area (Å²) in [6.45, 7) is 7.42. The van der Waals surface area contributed by atoms with Gasteiger partial charge in [0.2, 0.25) is 5.91 Å². The number of carbonyl (C=O) groups is 1. The summed E-state index contributed by atoms with van der Waals surface area (Å²) in [7, 11) is 0. The van der Waals surface area contributed by atoms with Crippen molar-refractivity contribution in [2.75, 3.05) is 31.1 Å². The fourth-order valence-electron chi connectivity index (χ4n) is 2.71. The Hall–Kier alpha value is -1.66. The maximum Gasteiger partial charge on any atom is 0.238 e. The van der Waals surface area contributed by atoms with Gasteiger partial charge in [-0.25, -0.2) is 10.2 Å². The van der Waals surface area contributed by atoms with Crippen molar-refractivity contribution < 1.29 is 9.18 Å². The average Bonchev–Trinajstić information content (AvgIpc) is 2.53. The third-order valence-electron chi connectivity index (χ3n) is 4.36. The van der Waals surface area contributed by atoms with Crippen LogP contribution in [0.2, 0.25) is 0 Å². The molecule has 116 valence electrons. The second-order valence-electron chi connectivity index (χ2n) is 5.54. The first-order valence-electron chi connectivity index (χ1n) is 7.28. The standard InChI is InChI=1S/C15H23FN4O/c1-11(15(21)18-17)12(2)19-7-9-20(10-8-19)14-5-3-13(16)4-6-14/h3-6,11-12H,7-10,17H2,1-2H3,(H,18,21). The minimum absolute atomic E-state index is 0.136. The zero-order chi connectivity index (χ0) is 15.4. The number of amides is 1. The second kappa shape index (κ2) is 6.87. The molecule has 3 N–H and O–H groups in total. The predicted octanol–water partition coefficient (Wildman–Crippen LogP) is 0.962. The lowest BCUT2D eigenvalue weighted by Crippen LogP contribution is -2.53. The minimum atomic E-state index is -0.215. The van der Waals surface area contributed by atoms with Crippen LogP contribution in [0.4, 0.5) is 10.1 Å². The number of nitrogens with one attached hydrogen (secondary N) is 1. The van der Waals surface area contributed by atoms with E-state index in [2.05, 4.69) is 15.2 Å². The van der Waals surface area contributed by atoms with Crippen molar-refractivity contribution in [3.05, 3.63) is 30.1 Å². The van der Waals surface area contributed by atoms with Gasteiger partial charge in [0.25, 0.3) is 0 Å². The maximum absolute atomic E-state index is 12.9. The van der Waals surface area contributed by atoms with Crippen LogP contribution in [-0.4, -0.2) is 43.0 Å². The van der Waals surface area contributed by atoms with E-state index in [9.17, 15) is 9.18 Å². The molecule has 1 aromatic carbocycles. The number of hydrogen-bond donors (Lipinski definition) is 2. The monoisotopic (exact) mass is 294 g/mol. The summed E-state index contributed by atoms with van der Waals surface area (Å²) >= 11 is 0. The number of nitrogens with zero attached hydrogens (tertiary/aromatic N) is 2. The van der Waals surface area contributed by atoms with Crippen LogP contribution >= 0.6 is 0 Å². The molecule has 21 heavy (non-hydrogen) atoms. The number of carbonyl (C=O) groups excluding carboxylic acids is 1. The highest BCUT2D eigenvalue weighted by molar-refractivity contribution is 5.78. The number of hydrogen-bond acceptors (Lipinski definition) is 4. The molecule has 0 aromatic heterocycles. The van der Waals surface area contributed by atoms with Crippen LogP contribution in [0.15, 0.2) is 24.3 Å². The Morgan fingerprint density at radius 3 is 2.29 bits per heavy atom. The van der Waals surface area contributed by atoms with Gasteiger partial charge in [-0.1, -0.05) is 6.92 Å². The number of benzene rings is 1. The lowest BCUT2D eigenvalue weighted by Gasteiger charge is -2.40. The van der Waals surface area contributed by atoms with Gasteiger partial charge in [0.15, 0.2) is 0 Å². The van der Waals surface area contributed by atoms with Crippen LogP contribution < -0.4 is 16.2 Å². The van der Waals surface area contributed by atoms with Gasteiger partial charge in [-0.05, 0) is 31.2 Å². The van der Waals surface area contributed by atoms with E-state index in [1.165, 1.54) is 12.1 Å². The molecule has 0 bridgehead atoms. The first-order valence-corrected chi connectivity index (χ1v) is 7.28. The summed E-state index contributed by atoms with van der Waals surface area (Å²) in [5.74, 6) is 4.70. The quantitative estimate of drug-likeness (QED) is 0.493. The highest BCUT2D eigenvalue weighted by Gasteiger charge is 2.28. The smallest absolute Gasteiger partial charge is 0.238 e. The van der Waals surface area contributed by atoms with Crippen molar-refractivity contribution in [1.29, 1.82) is 0 Å². The van der Waals surface area contributed by atoms with E-state index in [1.54, 1.807) is 12.1 Å². The van der Waals surface area contributed by atoms with Crippen molar-refractivity contribution in [2.24, 2.45) is 11.8 Å². The summed E-state index contributed by atoms with van der Waals surface area (Å²) in [5.41, 5.74) is 3.25. The third kappa shape index (κ3) is 3.71. The molecule has 2 unspecified atom stereocenters. The van der Waals surface area contributed by atoms with Crippen LogP contribution in [0.3, 0.4) is 0 Å². The van der Waals surface area contributed by atoms with Crippen molar-refractivity contribution in [3.63, 3.8) is 0 Å². The van der Waals surface area contributed by atoms with Crippen molar-refractivity contribution >= 4 is 11.6 Å². The molecule has 2 atom stereocenters. The van der Waals surface area contributed by atoms with E-state index < -0.39 is 0 Å². The Morgan fingerprint density at radius 1 is 1.19 bits per heavy atom. The van der Waals surface area contributed by atoms with Crippen molar-refractivity contribution in [2.45, 2.75) is 19.9 Å². The molecule has 1 fully saturated rings. The largest absolute Gasteiger partial charge is 0.369 e. The average molecular weight is 294 g/mol. The molecular weight excluding hydrogens is 271 g/mol. The van der Waals surface area contributed by atoms with Gasteiger partial charge in [0.1, 0.15) is 5.82 Å². The number of piperazine rings is 1. The zero-order valence-corrected chi connectivity index (χ0v) is 12.6. The van der Waals surface area contributed by atoms with Gasteiger partial charge in [-0.2, -0.15) is 0 Å². The Balaban J connectivity index is 1.91. The van der Waals surface area contributed by atoms with E-state index in [-0.39, 0.29) is 23.7 Å². The molecule has 1 amide bonds. The fourth-order valence-corrected chi connectivity index (χ4v) is 2.71. The Bertz CT molecular complexity index is 471. The lowest BCUT2D eigenvalue weighted by molar-refractivity contribution is -0.126. The lowest BCUT2D eigenvalue weighted by atomic mass is 10.0. The van der Waals surface area contributed by atoms with Gasteiger partial charge in [0, 0.05) is 37.9 Å². The molecule has 2 rings (SSSR count). The molecule has 0 saturated carbocycles. The first kappa shape index (κ1) is 15.7. The SMILES string of the molecule is CC(C(=O)NN)C(C)N1CCN(c2ccc(F)cc2)CC1. The highest BCUT2D eigenvalue weighted by atomic mass is 19.1. The summed E-state index contributed by atoms with van der Waals surface area (Å²) in [5, 5.41) is 0. The van der Waals surface area contributed by atoms with Crippen LogP contribution in [0.5, 0.6) is 0 Å². The minimum Gasteiger partial charge on any atom is -0.369 e. The van der Waals surface area contributed by atoms with Gasteiger partial charge < -0.3 is 4.90 Å². The number of hydrazine groups is 1. The molecule has 1 saturated heterocycles. The number of nitrogens with two attached hydrogens (primary N) is 1. The fraction of sp³-hybridized carbons (Fsp3) is 0.533. The molecule has 5 nitrogen and oxygen atoms in total. The first-order chi connectivity index (χ1) is 10.0. The Kier molecular flexibility index (Phi) is 5.14. The van der Waals surface area contributed by atoms with E-state index in [0.29, 0.717) is 0 Å². The third-order valence-corrected chi connectivity index (χ3v) is 4.36. The van der Waals surface area contributed by atoms with E-state index in [0.717, 1.165) is 31.9 Å². The Labute approximate surface area is 124 Å². The number of anilines is 1. The normalized spacial score (nSPS) is 19.1. The molecule has 0 aliphatic carbocycles. The van der Waals surface area contributed by atoms with E-state index >= 15 is 0 Å². The highest BCUT2D eigenvalue weighted by Crippen LogP contribution is 2.19. The van der Waals surface area contributed by atoms with Gasteiger partial charge in [-0.3, -0.25) is 15.1 Å². The van der Waals surface area contributed by atoms with Crippen LogP contribution in [-0.2, 0) is 4.79 Å². The molecule has 0 radical (unpaired) electrons. The second-order valence-corrected chi connectivity index (χ2v) is 5.54.